The number of aliphatic hydroxyl groups excluding tert-OH is 1. The van der Waals surface area contributed by atoms with Crippen molar-refractivity contribution in [1.29, 1.82) is 0 Å². The van der Waals surface area contributed by atoms with Crippen LogP contribution < -0.4 is 10.5 Å². The van der Waals surface area contributed by atoms with Crippen LogP contribution in [0.15, 0.2) is 42.5 Å². The van der Waals surface area contributed by atoms with Crippen molar-refractivity contribution in [3.63, 3.8) is 0 Å². The SMILES string of the molecule is C[C@H](N)c1cccc(F)c1Oc1cccc(CO)c1. The van der Waals surface area contributed by atoms with E-state index in [1.54, 1.807) is 43.3 Å². The maximum Gasteiger partial charge on any atom is 0.167 e. The van der Waals surface area contributed by atoms with Gasteiger partial charge in [0, 0.05) is 11.6 Å². The third-order valence-corrected chi connectivity index (χ3v) is 2.79. The van der Waals surface area contributed by atoms with Crippen LogP contribution in [0, 0.1) is 5.82 Å². The van der Waals surface area contributed by atoms with Crippen molar-refractivity contribution in [1.82, 2.24) is 0 Å². The van der Waals surface area contributed by atoms with Gasteiger partial charge >= 0.3 is 0 Å². The minimum Gasteiger partial charge on any atom is -0.454 e. The standard InChI is InChI=1S/C15H16FNO2/c1-10(17)13-6-3-7-14(16)15(13)19-12-5-2-4-11(8-12)9-18/h2-8,10,18H,9,17H2,1H3/t10-/m0/s1. The van der Waals surface area contributed by atoms with Gasteiger partial charge in [-0.25, -0.2) is 4.39 Å². The molecule has 0 bridgehead atoms. The van der Waals surface area contributed by atoms with Crippen LogP contribution in [0.5, 0.6) is 11.5 Å². The van der Waals surface area contributed by atoms with Gasteiger partial charge in [-0.05, 0) is 30.7 Å². The third kappa shape index (κ3) is 3.10. The van der Waals surface area contributed by atoms with Crippen molar-refractivity contribution >= 4 is 0 Å². The largest absolute Gasteiger partial charge is 0.454 e. The van der Waals surface area contributed by atoms with Gasteiger partial charge in [0.25, 0.3) is 0 Å². The molecule has 0 radical (unpaired) electrons. The van der Waals surface area contributed by atoms with E-state index in [0.29, 0.717) is 16.9 Å². The second-order valence-corrected chi connectivity index (χ2v) is 4.35. The number of benzene rings is 2. The molecule has 1 atom stereocenters. The van der Waals surface area contributed by atoms with Crippen LogP contribution in [0.1, 0.15) is 24.1 Å². The fourth-order valence-corrected chi connectivity index (χ4v) is 1.82. The summed E-state index contributed by atoms with van der Waals surface area (Å²) in [6.45, 7) is 1.68. The Kier molecular flexibility index (Phi) is 4.14. The van der Waals surface area contributed by atoms with Crippen molar-refractivity contribution in [3.8, 4) is 11.5 Å². The van der Waals surface area contributed by atoms with Gasteiger partial charge in [-0.1, -0.05) is 24.3 Å². The molecule has 0 saturated carbocycles. The molecule has 0 spiro atoms. The molecule has 3 nitrogen and oxygen atoms in total. The van der Waals surface area contributed by atoms with Crippen molar-refractivity contribution in [2.75, 3.05) is 0 Å². The normalized spacial score (nSPS) is 12.2. The van der Waals surface area contributed by atoms with Crippen LogP contribution in [-0.4, -0.2) is 5.11 Å². The zero-order valence-corrected chi connectivity index (χ0v) is 10.6. The molecule has 0 aromatic heterocycles. The van der Waals surface area contributed by atoms with E-state index in [1.165, 1.54) is 6.07 Å². The Hall–Kier alpha value is -1.91. The van der Waals surface area contributed by atoms with Gasteiger partial charge in [0.1, 0.15) is 5.75 Å². The number of aliphatic hydroxyl groups is 1. The van der Waals surface area contributed by atoms with E-state index in [2.05, 4.69) is 0 Å². The summed E-state index contributed by atoms with van der Waals surface area (Å²) in [7, 11) is 0. The molecule has 0 saturated heterocycles. The second kappa shape index (κ2) is 5.82. The maximum atomic E-state index is 13.8. The first kappa shape index (κ1) is 13.5. The molecule has 2 aromatic carbocycles. The smallest absolute Gasteiger partial charge is 0.167 e. The highest BCUT2D eigenvalue weighted by atomic mass is 19.1. The molecule has 0 aliphatic heterocycles. The lowest BCUT2D eigenvalue weighted by atomic mass is 10.1. The summed E-state index contributed by atoms with van der Waals surface area (Å²) in [6.07, 6.45) is 0. The maximum absolute atomic E-state index is 13.8. The van der Waals surface area contributed by atoms with Gasteiger partial charge in [0.2, 0.25) is 0 Å². The number of rotatable bonds is 4. The first-order chi connectivity index (χ1) is 9.11. The molecule has 0 unspecified atom stereocenters. The number of hydrogen-bond donors (Lipinski definition) is 2. The Morgan fingerprint density at radius 2 is 2.00 bits per heavy atom. The van der Waals surface area contributed by atoms with Gasteiger partial charge in [-0.3, -0.25) is 0 Å². The Morgan fingerprint density at radius 1 is 1.26 bits per heavy atom. The summed E-state index contributed by atoms with van der Waals surface area (Å²) >= 11 is 0. The van der Waals surface area contributed by atoms with Crippen LogP contribution in [0.25, 0.3) is 0 Å². The first-order valence-electron chi connectivity index (χ1n) is 6.03. The zero-order chi connectivity index (χ0) is 13.8. The molecule has 0 heterocycles. The average molecular weight is 261 g/mol. The first-order valence-corrected chi connectivity index (χ1v) is 6.03. The van der Waals surface area contributed by atoms with E-state index < -0.39 is 5.82 Å². The highest BCUT2D eigenvalue weighted by Gasteiger charge is 2.14. The van der Waals surface area contributed by atoms with Gasteiger partial charge in [-0.2, -0.15) is 0 Å². The fraction of sp³-hybridized carbons (Fsp3) is 0.200. The van der Waals surface area contributed by atoms with Gasteiger partial charge in [0.05, 0.1) is 6.61 Å². The molecule has 4 heteroatoms. The Morgan fingerprint density at radius 3 is 2.68 bits per heavy atom. The van der Waals surface area contributed by atoms with E-state index in [9.17, 15) is 4.39 Å². The highest BCUT2D eigenvalue weighted by Crippen LogP contribution is 2.31. The number of ether oxygens (including phenoxy) is 1. The third-order valence-electron chi connectivity index (χ3n) is 2.79. The lowest BCUT2D eigenvalue weighted by molar-refractivity contribution is 0.281. The molecule has 3 N–H and O–H groups in total. The Bertz CT molecular complexity index is 570. The predicted molar refractivity (Wildman–Crippen MR) is 71.4 cm³/mol. The number of halogens is 1. The summed E-state index contributed by atoms with van der Waals surface area (Å²) in [5.41, 5.74) is 7.12. The van der Waals surface area contributed by atoms with E-state index in [1.807, 2.05) is 0 Å². The predicted octanol–water partition coefficient (Wildman–Crippen LogP) is 3.13. The van der Waals surface area contributed by atoms with E-state index in [0.717, 1.165) is 0 Å². The van der Waals surface area contributed by atoms with Crippen molar-refractivity contribution in [3.05, 3.63) is 59.4 Å². The molecule has 2 aromatic rings. The van der Waals surface area contributed by atoms with E-state index >= 15 is 0 Å². The number of hydrogen-bond acceptors (Lipinski definition) is 3. The van der Waals surface area contributed by atoms with Crippen molar-refractivity contribution in [2.45, 2.75) is 19.6 Å². The molecule has 2 rings (SSSR count). The fourth-order valence-electron chi connectivity index (χ4n) is 1.82. The van der Waals surface area contributed by atoms with E-state index in [-0.39, 0.29) is 18.4 Å². The van der Waals surface area contributed by atoms with Gasteiger partial charge < -0.3 is 15.6 Å². The number of nitrogens with two attached hydrogens (primary N) is 1. The van der Waals surface area contributed by atoms with Gasteiger partial charge in [0.15, 0.2) is 11.6 Å². The van der Waals surface area contributed by atoms with Crippen LogP contribution in [0.4, 0.5) is 4.39 Å². The molecular formula is C15H16FNO2. The minimum atomic E-state index is -0.454. The monoisotopic (exact) mass is 261 g/mol. The number of para-hydroxylation sites is 1. The summed E-state index contributed by atoms with van der Waals surface area (Å²) in [4.78, 5) is 0. The van der Waals surface area contributed by atoms with Crippen LogP contribution in [-0.2, 0) is 6.61 Å². The molecule has 100 valence electrons. The van der Waals surface area contributed by atoms with Crippen LogP contribution in [0.3, 0.4) is 0 Å². The summed E-state index contributed by atoms with van der Waals surface area (Å²) in [5, 5.41) is 9.08. The lowest BCUT2D eigenvalue weighted by Gasteiger charge is -2.14. The minimum absolute atomic E-state index is 0.0887. The van der Waals surface area contributed by atoms with Gasteiger partial charge in [-0.15, -0.1) is 0 Å². The van der Waals surface area contributed by atoms with E-state index in [4.69, 9.17) is 15.6 Å². The zero-order valence-electron chi connectivity index (χ0n) is 10.6. The summed E-state index contributed by atoms with van der Waals surface area (Å²) < 4.78 is 19.4. The quantitative estimate of drug-likeness (QED) is 0.889. The second-order valence-electron chi connectivity index (χ2n) is 4.35. The van der Waals surface area contributed by atoms with Crippen molar-refractivity contribution in [2.24, 2.45) is 5.73 Å². The van der Waals surface area contributed by atoms with Crippen LogP contribution in [0.2, 0.25) is 0 Å². The lowest BCUT2D eigenvalue weighted by Crippen LogP contribution is -2.07. The molecule has 0 aliphatic rings. The van der Waals surface area contributed by atoms with Crippen LogP contribution >= 0.6 is 0 Å². The van der Waals surface area contributed by atoms with Crippen molar-refractivity contribution < 1.29 is 14.2 Å². The average Bonchev–Trinajstić information content (AvgIpc) is 2.41. The summed E-state index contributed by atoms with van der Waals surface area (Å²) in [6, 6.07) is 11.2. The molecule has 0 fully saturated rings. The highest BCUT2D eigenvalue weighted by molar-refractivity contribution is 5.41. The summed E-state index contributed by atoms with van der Waals surface area (Å²) in [5.74, 6) is 0.148. The Labute approximate surface area is 111 Å². The Balaban J connectivity index is 2.37. The topological polar surface area (TPSA) is 55.5 Å². The molecule has 0 amide bonds. The molecular weight excluding hydrogens is 245 g/mol. The molecule has 0 aliphatic carbocycles. The molecule has 19 heavy (non-hydrogen) atoms.